The van der Waals surface area contributed by atoms with Crippen molar-refractivity contribution in [1.82, 2.24) is 4.90 Å². The van der Waals surface area contributed by atoms with Crippen molar-refractivity contribution in [1.29, 1.82) is 0 Å². The van der Waals surface area contributed by atoms with Crippen molar-refractivity contribution < 1.29 is 13.9 Å². The zero-order valence-corrected chi connectivity index (χ0v) is 17.7. The molecular weight excluding hydrogens is 379 g/mol. The number of nitrogens with zero attached hydrogens (tertiary/aromatic N) is 2. The Morgan fingerprint density at radius 2 is 2.07 bits per heavy atom. The van der Waals surface area contributed by atoms with Gasteiger partial charge in [-0.3, -0.25) is 9.69 Å². The highest BCUT2D eigenvalue weighted by Crippen LogP contribution is 2.31. The molecule has 0 saturated heterocycles. The third-order valence-corrected chi connectivity index (χ3v) is 5.20. The number of fused-ring (bicyclic) bond motifs is 1. The van der Waals surface area contributed by atoms with Gasteiger partial charge < -0.3 is 9.64 Å². The van der Waals surface area contributed by atoms with Crippen molar-refractivity contribution in [2.24, 2.45) is 0 Å². The predicted molar refractivity (Wildman–Crippen MR) is 119 cm³/mol. The number of halogens is 1. The average Bonchev–Trinajstić information content (AvgIpc) is 2.74. The highest BCUT2D eigenvalue weighted by Gasteiger charge is 2.23. The Balaban J connectivity index is 1.75. The number of hydrogen-bond acceptors (Lipinski definition) is 3. The van der Waals surface area contributed by atoms with E-state index >= 15 is 0 Å². The number of ether oxygens (including phenoxy) is 1. The van der Waals surface area contributed by atoms with E-state index in [9.17, 15) is 9.18 Å². The first-order valence-corrected chi connectivity index (χ1v) is 10.3. The van der Waals surface area contributed by atoms with Gasteiger partial charge in [-0.25, -0.2) is 4.39 Å². The molecule has 1 aliphatic rings. The Labute approximate surface area is 178 Å². The van der Waals surface area contributed by atoms with Crippen LogP contribution in [0.1, 0.15) is 24.5 Å². The van der Waals surface area contributed by atoms with Crippen molar-refractivity contribution >= 4 is 11.6 Å². The molecule has 2 aromatic rings. The maximum Gasteiger partial charge on any atom is 0.231 e. The molecule has 30 heavy (non-hydrogen) atoms. The second kappa shape index (κ2) is 10.2. The zero-order chi connectivity index (χ0) is 21.5. The van der Waals surface area contributed by atoms with E-state index in [-0.39, 0.29) is 24.4 Å². The topological polar surface area (TPSA) is 32.8 Å². The van der Waals surface area contributed by atoms with Gasteiger partial charge in [0.1, 0.15) is 11.6 Å². The van der Waals surface area contributed by atoms with Crippen LogP contribution in [0.3, 0.4) is 0 Å². The second-order valence-electron chi connectivity index (χ2n) is 7.51. The molecule has 5 heteroatoms. The monoisotopic (exact) mass is 408 g/mol. The molecule has 0 spiro atoms. The molecule has 4 nitrogen and oxygen atoms in total. The number of carbonyl (C=O) groups is 1. The average molecular weight is 409 g/mol. The van der Waals surface area contributed by atoms with E-state index in [1.807, 2.05) is 55.3 Å². The number of hydrogen-bond donors (Lipinski definition) is 0. The largest absolute Gasteiger partial charge is 0.472 e. The molecule has 158 valence electrons. The number of amides is 1. The van der Waals surface area contributed by atoms with E-state index in [4.69, 9.17) is 4.74 Å². The Morgan fingerprint density at radius 3 is 2.77 bits per heavy atom. The van der Waals surface area contributed by atoms with Gasteiger partial charge in [0.15, 0.2) is 6.23 Å². The first kappa shape index (κ1) is 21.8. The summed E-state index contributed by atoms with van der Waals surface area (Å²) in [6, 6.07) is 12.0. The van der Waals surface area contributed by atoms with Crippen LogP contribution in [-0.2, 0) is 17.6 Å². The van der Waals surface area contributed by atoms with Crippen LogP contribution < -0.4 is 9.64 Å². The number of rotatable bonds is 8. The van der Waals surface area contributed by atoms with Gasteiger partial charge in [-0.05, 0) is 74.3 Å². The van der Waals surface area contributed by atoms with Gasteiger partial charge in [-0.15, -0.1) is 6.58 Å². The first-order valence-electron chi connectivity index (χ1n) is 10.3. The molecule has 0 aromatic heterocycles. The lowest BCUT2D eigenvalue weighted by atomic mass is 10.0. The van der Waals surface area contributed by atoms with E-state index in [1.165, 1.54) is 12.1 Å². The van der Waals surface area contributed by atoms with Crippen LogP contribution in [0.5, 0.6) is 5.75 Å². The summed E-state index contributed by atoms with van der Waals surface area (Å²) < 4.78 is 19.3. The first-order chi connectivity index (χ1) is 14.5. The van der Waals surface area contributed by atoms with Crippen LogP contribution in [0.15, 0.2) is 67.3 Å². The summed E-state index contributed by atoms with van der Waals surface area (Å²) in [6.45, 7) is 7.16. The van der Waals surface area contributed by atoms with E-state index in [0.717, 1.165) is 35.4 Å². The quantitative estimate of drug-likeness (QED) is 0.467. The van der Waals surface area contributed by atoms with Gasteiger partial charge >= 0.3 is 0 Å². The minimum atomic E-state index is -0.294. The SMILES string of the molecule is C=CCN(C)C(C=CC)Oc1ccc2c(c1)CCCN2C(=O)Cc1ccc(F)cc1. The van der Waals surface area contributed by atoms with Crippen LogP contribution in [0.25, 0.3) is 0 Å². The van der Waals surface area contributed by atoms with Gasteiger partial charge in [-0.2, -0.15) is 0 Å². The fraction of sp³-hybridized carbons (Fsp3) is 0.320. The molecule has 0 saturated carbocycles. The Bertz CT molecular complexity index is 908. The molecule has 3 rings (SSSR count). The fourth-order valence-corrected chi connectivity index (χ4v) is 3.67. The minimum Gasteiger partial charge on any atom is -0.472 e. The normalized spacial score (nSPS) is 14.6. The molecule has 0 aliphatic carbocycles. The third-order valence-electron chi connectivity index (χ3n) is 5.20. The summed E-state index contributed by atoms with van der Waals surface area (Å²) in [5, 5.41) is 0. The summed E-state index contributed by atoms with van der Waals surface area (Å²) >= 11 is 0. The van der Waals surface area contributed by atoms with Crippen molar-refractivity contribution in [3.63, 3.8) is 0 Å². The zero-order valence-electron chi connectivity index (χ0n) is 17.7. The molecule has 2 aromatic carbocycles. The van der Waals surface area contributed by atoms with Crippen LogP contribution in [0, 0.1) is 5.82 Å². The van der Waals surface area contributed by atoms with Crippen molar-refractivity contribution in [2.45, 2.75) is 32.4 Å². The maximum atomic E-state index is 13.1. The minimum absolute atomic E-state index is 0.0220. The Hall–Kier alpha value is -2.92. The van der Waals surface area contributed by atoms with E-state index < -0.39 is 0 Å². The van der Waals surface area contributed by atoms with E-state index in [0.29, 0.717) is 13.1 Å². The third kappa shape index (κ3) is 5.36. The molecule has 1 atom stereocenters. The summed E-state index contributed by atoms with van der Waals surface area (Å²) in [7, 11) is 1.99. The lowest BCUT2D eigenvalue weighted by Crippen LogP contribution is -2.37. The van der Waals surface area contributed by atoms with Crippen molar-refractivity contribution in [3.05, 3.63) is 84.2 Å². The molecule has 1 amide bonds. The molecule has 1 heterocycles. The lowest BCUT2D eigenvalue weighted by molar-refractivity contribution is -0.118. The number of anilines is 1. The van der Waals surface area contributed by atoms with Crippen LogP contribution >= 0.6 is 0 Å². The number of benzene rings is 2. The summed E-state index contributed by atoms with van der Waals surface area (Å²) in [5.41, 5.74) is 2.85. The number of allylic oxidation sites excluding steroid dienone is 1. The molecule has 1 unspecified atom stereocenters. The standard InChI is InChI=1S/C25H29FN2O2/c1-4-7-25(27(3)15-5-2)30-22-13-14-23-20(18-22)8-6-16-28(23)24(29)17-19-9-11-21(26)12-10-19/h4-5,7,9-14,18,25H,2,6,8,15-17H2,1,3H3. The van der Waals surface area contributed by atoms with Crippen molar-refractivity contribution in [2.75, 3.05) is 25.0 Å². The van der Waals surface area contributed by atoms with Crippen molar-refractivity contribution in [3.8, 4) is 5.75 Å². The van der Waals surface area contributed by atoms with Crippen LogP contribution in [0.4, 0.5) is 10.1 Å². The van der Waals surface area contributed by atoms with Crippen LogP contribution in [0.2, 0.25) is 0 Å². The van der Waals surface area contributed by atoms with Gasteiger partial charge in [0, 0.05) is 18.8 Å². The van der Waals surface area contributed by atoms with Crippen LogP contribution in [-0.4, -0.2) is 37.2 Å². The smallest absolute Gasteiger partial charge is 0.231 e. The maximum absolute atomic E-state index is 13.1. The Kier molecular flexibility index (Phi) is 7.41. The summed E-state index contributed by atoms with van der Waals surface area (Å²) in [4.78, 5) is 16.8. The molecule has 0 N–H and O–H groups in total. The molecular formula is C25H29FN2O2. The summed E-state index contributed by atoms with van der Waals surface area (Å²) in [5.74, 6) is 0.506. The fourth-order valence-electron chi connectivity index (χ4n) is 3.67. The molecule has 0 bridgehead atoms. The number of carbonyl (C=O) groups excluding carboxylic acids is 1. The van der Waals surface area contributed by atoms with Gasteiger partial charge in [-0.1, -0.05) is 24.3 Å². The number of likely N-dealkylation sites (N-methyl/N-ethyl adjacent to an activating group) is 1. The second-order valence-corrected chi connectivity index (χ2v) is 7.51. The highest BCUT2D eigenvalue weighted by atomic mass is 19.1. The molecule has 0 radical (unpaired) electrons. The van der Waals surface area contributed by atoms with Gasteiger partial charge in [0.05, 0.1) is 6.42 Å². The molecule has 1 aliphatic heterocycles. The number of aryl methyl sites for hydroxylation is 1. The predicted octanol–water partition coefficient (Wildman–Crippen LogP) is 4.75. The van der Waals surface area contributed by atoms with E-state index in [1.54, 1.807) is 12.1 Å². The Morgan fingerprint density at radius 1 is 1.30 bits per heavy atom. The summed E-state index contributed by atoms with van der Waals surface area (Å²) in [6.07, 6.45) is 7.69. The van der Waals surface area contributed by atoms with Gasteiger partial charge in [0.2, 0.25) is 5.91 Å². The van der Waals surface area contributed by atoms with E-state index in [2.05, 4.69) is 11.5 Å². The molecule has 0 fully saturated rings. The highest BCUT2D eigenvalue weighted by molar-refractivity contribution is 5.96. The lowest BCUT2D eigenvalue weighted by Gasteiger charge is -2.31. The van der Waals surface area contributed by atoms with Gasteiger partial charge in [0.25, 0.3) is 0 Å².